The van der Waals surface area contributed by atoms with Crippen LogP contribution in [0.1, 0.15) is 6.92 Å². The number of halogens is 6. The van der Waals surface area contributed by atoms with Crippen molar-refractivity contribution < 1.29 is 35.9 Å². The van der Waals surface area contributed by atoms with Gasteiger partial charge in [0.25, 0.3) is 0 Å². The van der Waals surface area contributed by atoms with E-state index in [1.807, 2.05) is 0 Å². The zero-order valence-electron chi connectivity index (χ0n) is 8.08. The van der Waals surface area contributed by atoms with E-state index in [0.29, 0.717) is 0 Å². The molecule has 0 aliphatic carbocycles. The quantitative estimate of drug-likeness (QED) is 0.566. The lowest BCUT2D eigenvalue weighted by molar-refractivity contribution is -0.319. The molecule has 0 amide bonds. The predicted octanol–water partition coefficient (Wildman–Crippen LogP) is 2.64. The van der Waals surface area contributed by atoms with Gasteiger partial charge < -0.3 is 4.74 Å². The van der Waals surface area contributed by atoms with Gasteiger partial charge in [0.2, 0.25) is 6.10 Å². The van der Waals surface area contributed by atoms with E-state index in [-0.39, 0.29) is 5.57 Å². The van der Waals surface area contributed by atoms with Gasteiger partial charge in [0.1, 0.15) is 6.61 Å². The van der Waals surface area contributed by atoms with Gasteiger partial charge in [-0.25, -0.2) is 0 Å². The first kappa shape index (κ1) is 14.9. The molecule has 8 heteroatoms. The third-order valence-electron chi connectivity index (χ3n) is 1.45. The summed E-state index contributed by atoms with van der Waals surface area (Å²) in [4.78, 5) is 10.7. The highest BCUT2D eigenvalue weighted by atomic mass is 19.4. The van der Waals surface area contributed by atoms with E-state index in [0.717, 1.165) is 6.92 Å². The van der Waals surface area contributed by atoms with Gasteiger partial charge in [-0.2, -0.15) is 26.3 Å². The lowest BCUT2D eigenvalue weighted by atomic mass is 10.2. The maximum Gasteiger partial charge on any atom is 0.423 e. The molecule has 0 spiro atoms. The Morgan fingerprint density at radius 2 is 1.56 bits per heavy atom. The molecule has 0 bridgehead atoms. The minimum atomic E-state index is -5.60. The van der Waals surface area contributed by atoms with Crippen LogP contribution in [0, 0.1) is 0 Å². The van der Waals surface area contributed by atoms with Crippen molar-refractivity contribution in [2.45, 2.75) is 25.4 Å². The molecule has 94 valence electrons. The fraction of sp³-hybridized carbons (Fsp3) is 0.625. The molecule has 0 fully saturated rings. The molecular weight excluding hydrogens is 242 g/mol. The topological polar surface area (TPSA) is 26.3 Å². The summed E-state index contributed by atoms with van der Waals surface area (Å²) in [7, 11) is 0. The minimum absolute atomic E-state index is 0.178. The van der Waals surface area contributed by atoms with Gasteiger partial charge in [0.15, 0.2) is 5.78 Å². The number of carbonyl (C=O) groups excluding carboxylic acids is 1. The summed E-state index contributed by atoms with van der Waals surface area (Å²) < 4.78 is 74.9. The van der Waals surface area contributed by atoms with E-state index in [9.17, 15) is 31.1 Å². The monoisotopic (exact) mass is 250 g/mol. The predicted molar refractivity (Wildman–Crippen MR) is 41.7 cm³/mol. The van der Waals surface area contributed by atoms with E-state index < -0.39 is 30.8 Å². The van der Waals surface area contributed by atoms with Crippen LogP contribution in [-0.4, -0.2) is 30.8 Å². The van der Waals surface area contributed by atoms with Crippen LogP contribution in [0.15, 0.2) is 12.2 Å². The normalized spacial score (nSPS) is 13.0. The Bertz CT molecular complexity index is 263. The van der Waals surface area contributed by atoms with Gasteiger partial charge in [0.05, 0.1) is 0 Å². The summed E-state index contributed by atoms with van der Waals surface area (Å²) in [5.41, 5.74) is -0.178. The molecule has 0 unspecified atom stereocenters. The summed E-state index contributed by atoms with van der Waals surface area (Å²) in [5, 5.41) is 0. The van der Waals surface area contributed by atoms with Crippen molar-refractivity contribution >= 4 is 5.78 Å². The maximum atomic E-state index is 11.9. The number of ketones is 1. The Balaban J connectivity index is 4.60. The van der Waals surface area contributed by atoms with Gasteiger partial charge in [0, 0.05) is 0 Å². The molecule has 0 aromatic carbocycles. The summed E-state index contributed by atoms with van der Waals surface area (Å²) >= 11 is 0. The average molecular weight is 250 g/mol. The fourth-order valence-electron chi connectivity index (χ4n) is 0.657. The molecule has 0 heterocycles. The van der Waals surface area contributed by atoms with Crippen molar-refractivity contribution in [3.05, 3.63) is 12.2 Å². The van der Waals surface area contributed by atoms with Gasteiger partial charge in [-0.05, 0) is 12.5 Å². The molecule has 0 aromatic heterocycles. The Morgan fingerprint density at radius 1 is 1.19 bits per heavy atom. The zero-order chi connectivity index (χ0) is 13.1. The van der Waals surface area contributed by atoms with Crippen molar-refractivity contribution in [3.8, 4) is 0 Å². The van der Waals surface area contributed by atoms with Crippen LogP contribution < -0.4 is 0 Å². The summed E-state index contributed by atoms with van der Waals surface area (Å²) in [5.74, 6) is -1.02. The van der Waals surface area contributed by atoms with Crippen LogP contribution in [0.3, 0.4) is 0 Å². The van der Waals surface area contributed by atoms with Crippen molar-refractivity contribution in [1.29, 1.82) is 0 Å². The molecule has 0 aliphatic rings. The molecule has 0 atom stereocenters. The van der Waals surface area contributed by atoms with Crippen LogP contribution >= 0.6 is 0 Å². The highest BCUT2D eigenvalue weighted by molar-refractivity contribution is 5.95. The number of alkyl halides is 6. The lowest BCUT2D eigenvalue weighted by Crippen LogP contribution is -2.45. The van der Waals surface area contributed by atoms with Crippen molar-refractivity contribution in [1.82, 2.24) is 0 Å². The first-order valence-electron chi connectivity index (χ1n) is 3.90. The van der Waals surface area contributed by atoms with Crippen molar-refractivity contribution in [2.75, 3.05) is 6.61 Å². The van der Waals surface area contributed by atoms with Crippen molar-refractivity contribution in [2.24, 2.45) is 0 Å². The molecule has 0 radical (unpaired) electrons. The highest BCUT2D eigenvalue weighted by Crippen LogP contribution is 2.35. The van der Waals surface area contributed by atoms with Crippen LogP contribution in [0.4, 0.5) is 26.3 Å². The molecular formula is C8H8F6O2. The minimum Gasteiger partial charge on any atom is -0.353 e. The molecule has 0 aliphatic heterocycles. The standard InChI is InChI=1S/C8H8F6O2/c1-4(2)5(15)3-16-6(7(9,10)11)8(12,13)14/h6H,1,3H2,2H3. The molecule has 0 aromatic rings. The second-order valence-corrected chi connectivity index (χ2v) is 2.98. The van der Waals surface area contributed by atoms with Crippen LogP contribution in [0.2, 0.25) is 0 Å². The number of hydrogen-bond acceptors (Lipinski definition) is 2. The number of ether oxygens (including phenoxy) is 1. The SMILES string of the molecule is C=C(C)C(=O)COC(C(F)(F)F)C(F)(F)F. The number of hydrogen-bond donors (Lipinski definition) is 0. The summed E-state index contributed by atoms with van der Waals surface area (Å²) in [6.07, 6.45) is -15.2. The first-order valence-corrected chi connectivity index (χ1v) is 3.90. The smallest absolute Gasteiger partial charge is 0.353 e. The maximum absolute atomic E-state index is 11.9. The highest BCUT2D eigenvalue weighted by Gasteiger charge is 2.58. The lowest BCUT2D eigenvalue weighted by Gasteiger charge is -2.22. The number of carbonyl (C=O) groups is 1. The van der Waals surface area contributed by atoms with Gasteiger partial charge in [-0.15, -0.1) is 0 Å². The van der Waals surface area contributed by atoms with Gasteiger partial charge in [-0.3, -0.25) is 4.79 Å². The largest absolute Gasteiger partial charge is 0.423 e. The van der Waals surface area contributed by atoms with Crippen LogP contribution in [0.25, 0.3) is 0 Å². The number of rotatable bonds is 4. The Hall–Kier alpha value is -1.05. The second kappa shape index (κ2) is 4.86. The Kier molecular flexibility index (Phi) is 4.54. The van der Waals surface area contributed by atoms with E-state index in [4.69, 9.17) is 0 Å². The Labute approximate surface area is 86.9 Å². The van der Waals surface area contributed by atoms with Crippen molar-refractivity contribution in [3.63, 3.8) is 0 Å². The van der Waals surface area contributed by atoms with E-state index in [1.54, 1.807) is 0 Å². The van der Waals surface area contributed by atoms with E-state index in [1.165, 1.54) is 0 Å². The zero-order valence-corrected chi connectivity index (χ0v) is 8.08. The third kappa shape index (κ3) is 4.65. The molecule has 0 saturated carbocycles. The first-order chi connectivity index (χ1) is 6.96. The number of Topliss-reactive ketones (excluding diaryl/α,β-unsaturated/α-hetero) is 1. The van der Waals surface area contributed by atoms with Gasteiger partial charge in [-0.1, -0.05) is 6.58 Å². The van der Waals surface area contributed by atoms with E-state index in [2.05, 4.69) is 11.3 Å². The Morgan fingerprint density at radius 3 is 1.81 bits per heavy atom. The van der Waals surface area contributed by atoms with Gasteiger partial charge >= 0.3 is 12.4 Å². The second-order valence-electron chi connectivity index (χ2n) is 2.98. The summed E-state index contributed by atoms with van der Waals surface area (Å²) in [6.45, 7) is 2.91. The third-order valence-corrected chi connectivity index (χ3v) is 1.45. The fourth-order valence-corrected chi connectivity index (χ4v) is 0.657. The molecule has 16 heavy (non-hydrogen) atoms. The van der Waals surface area contributed by atoms with E-state index >= 15 is 0 Å². The summed E-state index contributed by atoms with van der Waals surface area (Å²) in [6, 6.07) is 0. The average Bonchev–Trinajstić information content (AvgIpc) is 1.98. The van der Waals surface area contributed by atoms with Crippen LogP contribution in [0.5, 0.6) is 0 Å². The molecule has 0 N–H and O–H groups in total. The molecule has 0 rings (SSSR count). The molecule has 2 nitrogen and oxygen atoms in total. The van der Waals surface area contributed by atoms with Crippen LogP contribution in [-0.2, 0) is 9.53 Å². The molecule has 0 saturated heterocycles.